The molecule has 25 heavy (non-hydrogen) atoms. The summed E-state index contributed by atoms with van der Waals surface area (Å²) in [6.07, 6.45) is 2.04. The molecule has 0 bridgehead atoms. The van der Waals surface area contributed by atoms with Crippen molar-refractivity contribution in [1.29, 1.82) is 0 Å². The minimum absolute atomic E-state index is 0.212. The third kappa shape index (κ3) is 3.44. The molecule has 7 nitrogen and oxygen atoms in total. The van der Waals surface area contributed by atoms with Crippen molar-refractivity contribution in [3.8, 4) is 5.75 Å². The zero-order chi connectivity index (χ0) is 18.2. The number of aliphatic hydroxyl groups excluding tert-OH is 1. The highest BCUT2D eigenvalue weighted by Gasteiger charge is 2.52. The number of hydrogen-bond acceptors (Lipinski definition) is 7. The van der Waals surface area contributed by atoms with Crippen LogP contribution in [0, 0.1) is 5.92 Å². The van der Waals surface area contributed by atoms with Crippen molar-refractivity contribution in [2.75, 3.05) is 13.1 Å². The van der Waals surface area contributed by atoms with Gasteiger partial charge in [0.1, 0.15) is 29.2 Å². The standard InChI is InChI=1S/C18H24N2O5/c1-17(2,3)25-16(23)20-9-6-18(7-10-20)12(11-21)15(22)14-13(24-18)5-4-8-19-14/h4-5,8,11-12,16,23H,6-7,9-10H2,1-3H3. The van der Waals surface area contributed by atoms with E-state index in [1.165, 1.54) is 6.20 Å². The van der Waals surface area contributed by atoms with Crippen LogP contribution in [0.4, 0.5) is 0 Å². The van der Waals surface area contributed by atoms with E-state index in [4.69, 9.17) is 9.47 Å². The Kier molecular flexibility index (Phi) is 4.66. The van der Waals surface area contributed by atoms with E-state index < -0.39 is 23.5 Å². The van der Waals surface area contributed by atoms with Gasteiger partial charge < -0.3 is 19.4 Å². The number of aliphatic hydroxyl groups is 1. The number of rotatable bonds is 3. The molecule has 1 N–H and O–H groups in total. The zero-order valence-electron chi connectivity index (χ0n) is 14.8. The number of ether oxygens (including phenoxy) is 2. The fraction of sp³-hybridized carbons (Fsp3) is 0.611. The summed E-state index contributed by atoms with van der Waals surface area (Å²) in [5.74, 6) is -0.750. The summed E-state index contributed by atoms with van der Waals surface area (Å²) in [5.41, 5.74) is -1.14. The summed E-state index contributed by atoms with van der Waals surface area (Å²) in [6.45, 7) is 6.54. The predicted molar refractivity (Wildman–Crippen MR) is 89.1 cm³/mol. The van der Waals surface area contributed by atoms with Crippen LogP contribution in [0.5, 0.6) is 5.75 Å². The Morgan fingerprint density at radius 1 is 1.44 bits per heavy atom. The molecular formula is C18H24N2O5. The van der Waals surface area contributed by atoms with Crippen LogP contribution >= 0.6 is 0 Å². The number of aldehydes is 1. The lowest BCUT2D eigenvalue weighted by atomic mass is 9.75. The van der Waals surface area contributed by atoms with E-state index in [9.17, 15) is 14.7 Å². The second kappa shape index (κ2) is 6.48. The lowest BCUT2D eigenvalue weighted by Crippen LogP contribution is -2.59. The first-order valence-corrected chi connectivity index (χ1v) is 8.49. The normalized spacial score (nSPS) is 24.5. The van der Waals surface area contributed by atoms with Gasteiger partial charge in [-0.05, 0) is 32.9 Å². The van der Waals surface area contributed by atoms with Gasteiger partial charge >= 0.3 is 0 Å². The van der Waals surface area contributed by atoms with Gasteiger partial charge in [0.2, 0.25) is 6.41 Å². The fourth-order valence-corrected chi connectivity index (χ4v) is 3.44. The number of carbonyl (C=O) groups excluding carboxylic acids is 2. The van der Waals surface area contributed by atoms with Gasteiger partial charge in [-0.3, -0.25) is 9.69 Å². The number of likely N-dealkylation sites (tertiary alicyclic amines) is 1. The van der Waals surface area contributed by atoms with E-state index in [1.807, 2.05) is 20.8 Å². The molecule has 7 heteroatoms. The molecule has 2 aliphatic heterocycles. The molecule has 1 aromatic rings. The minimum Gasteiger partial charge on any atom is -0.484 e. The lowest BCUT2D eigenvalue weighted by molar-refractivity contribution is -0.248. The Labute approximate surface area is 146 Å². The van der Waals surface area contributed by atoms with Crippen LogP contribution in [0.2, 0.25) is 0 Å². The molecule has 0 radical (unpaired) electrons. The number of ketones is 1. The predicted octanol–water partition coefficient (Wildman–Crippen LogP) is 1.40. The van der Waals surface area contributed by atoms with Crippen molar-refractivity contribution < 1.29 is 24.2 Å². The minimum atomic E-state index is -1.03. The van der Waals surface area contributed by atoms with E-state index in [2.05, 4.69) is 4.98 Å². The summed E-state index contributed by atoms with van der Waals surface area (Å²) in [6, 6.07) is 3.41. The van der Waals surface area contributed by atoms with Crippen molar-refractivity contribution in [2.45, 2.75) is 51.2 Å². The highest BCUT2D eigenvalue weighted by atomic mass is 16.6. The van der Waals surface area contributed by atoms with Crippen LogP contribution in [0.3, 0.4) is 0 Å². The molecule has 1 fully saturated rings. The maximum Gasteiger partial charge on any atom is 0.216 e. The van der Waals surface area contributed by atoms with Gasteiger partial charge in [-0.15, -0.1) is 0 Å². The average molecular weight is 348 g/mol. The van der Waals surface area contributed by atoms with Crippen molar-refractivity contribution in [3.63, 3.8) is 0 Å². The van der Waals surface area contributed by atoms with Crippen LogP contribution in [-0.2, 0) is 9.53 Å². The van der Waals surface area contributed by atoms with Gasteiger partial charge in [-0.2, -0.15) is 0 Å². The Hall–Kier alpha value is -1.83. The van der Waals surface area contributed by atoms with Crippen LogP contribution in [0.25, 0.3) is 0 Å². The molecule has 0 aromatic carbocycles. The van der Waals surface area contributed by atoms with Crippen molar-refractivity contribution in [3.05, 3.63) is 24.0 Å². The quantitative estimate of drug-likeness (QED) is 0.502. The van der Waals surface area contributed by atoms with Gasteiger partial charge in [-0.25, -0.2) is 4.98 Å². The molecule has 2 atom stereocenters. The van der Waals surface area contributed by atoms with Crippen LogP contribution in [-0.4, -0.2) is 57.8 Å². The van der Waals surface area contributed by atoms with E-state index in [1.54, 1.807) is 17.0 Å². The number of carbonyl (C=O) groups is 2. The molecule has 1 saturated heterocycles. The molecule has 136 valence electrons. The first-order valence-electron chi connectivity index (χ1n) is 8.49. The summed E-state index contributed by atoms with van der Waals surface area (Å²) in [5, 5.41) is 10.2. The highest BCUT2D eigenvalue weighted by molar-refractivity contribution is 6.07. The number of pyridine rings is 1. The summed E-state index contributed by atoms with van der Waals surface area (Å²) >= 11 is 0. The largest absolute Gasteiger partial charge is 0.484 e. The van der Waals surface area contributed by atoms with E-state index in [0.29, 0.717) is 38.0 Å². The van der Waals surface area contributed by atoms with Crippen LogP contribution in [0.15, 0.2) is 18.3 Å². The smallest absolute Gasteiger partial charge is 0.216 e. The van der Waals surface area contributed by atoms with Crippen LogP contribution in [0.1, 0.15) is 44.1 Å². The van der Waals surface area contributed by atoms with Crippen molar-refractivity contribution in [1.82, 2.24) is 9.88 Å². The van der Waals surface area contributed by atoms with E-state index >= 15 is 0 Å². The molecule has 1 spiro atoms. The number of aromatic nitrogens is 1. The van der Waals surface area contributed by atoms with Gasteiger partial charge in [0.05, 0.1) is 5.60 Å². The maximum absolute atomic E-state index is 12.7. The van der Waals surface area contributed by atoms with Crippen LogP contribution < -0.4 is 4.74 Å². The Morgan fingerprint density at radius 3 is 2.72 bits per heavy atom. The van der Waals surface area contributed by atoms with Gasteiger partial charge in [0, 0.05) is 32.1 Å². The fourth-order valence-electron chi connectivity index (χ4n) is 3.44. The first-order chi connectivity index (χ1) is 11.8. The first kappa shape index (κ1) is 18.0. The monoisotopic (exact) mass is 348 g/mol. The molecule has 0 amide bonds. The Morgan fingerprint density at radius 2 is 2.12 bits per heavy atom. The molecular weight excluding hydrogens is 324 g/mol. The molecule has 3 heterocycles. The number of nitrogens with zero attached hydrogens (tertiary/aromatic N) is 2. The summed E-state index contributed by atoms with van der Waals surface area (Å²) < 4.78 is 11.7. The SMILES string of the molecule is CC(C)(C)OC(O)N1CCC2(CC1)Oc1cccnc1C(=O)C2C=O. The topological polar surface area (TPSA) is 89.0 Å². The third-order valence-corrected chi connectivity index (χ3v) is 4.72. The number of fused-ring (bicyclic) bond motifs is 1. The molecule has 3 rings (SSSR count). The maximum atomic E-state index is 12.7. The number of piperidine rings is 1. The third-order valence-electron chi connectivity index (χ3n) is 4.72. The number of hydrogen-bond donors (Lipinski definition) is 1. The molecule has 2 aliphatic rings. The van der Waals surface area contributed by atoms with Crippen molar-refractivity contribution >= 4 is 12.1 Å². The van der Waals surface area contributed by atoms with Gasteiger partial charge in [0.25, 0.3) is 0 Å². The van der Waals surface area contributed by atoms with Gasteiger partial charge in [-0.1, -0.05) is 0 Å². The Balaban J connectivity index is 1.77. The molecule has 0 saturated carbocycles. The summed E-state index contributed by atoms with van der Waals surface area (Å²) in [7, 11) is 0. The average Bonchev–Trinajstić information content (AvgIpc) is 2.54. The second-order valence-electron chi connectivity index (χ2n) is 7.59. The lowest BCUT2D eigenvalue weighted by Gasteiger charge is -2.47. The zero-order valence-corrected chi connectivity index (χ0v) is 14.8. The van der Waals surface area contributed by atoms with Crippen molar-refractivity contribution in [2.24, 2.45) is 5.92 Å². The summed E-state index contributed by atoms with van der Waals surface area (Å²) in [4.78, 5) is 30.1. The Bertz CT molecular complexity index is 662. The number of Topliss-reactive ketones (excluding diaryl/α,β-unsaturated/α-hetero) is 1. The highest BCUT2D eigenvalue weighted by Crippen LogP contribution is 2.41. The second-order valence-corrected chi connectivity index (χ2v) is 7.59. The molecule has 1 aromatic heterocycles. The molecule has 2 unspecified atom stereocenters. The van der Waals surface area contributed by atoms with Gasteiger partial charge in [0.15, 0.2) is 5.78 Å². The van der Waals surface area contributed by atoms with E-state index in [0.717, 1.165) is 0 Å². The molecule has 0 aliphatic carbocycles. The van der Waals surface area contributed by atoms with E-state index in [-0.39, 0.29) is 11.5 Å².